The number of amides is 1. The van der Waals surface area contributed by atoms with Crippen molar-refractivity contribution in [1.82, 2.24) is 9.47 Å². The van der Waals surface area contributed by atoms with Gasteiger partial charge in [0.25, 0.3) is 11.5 Å². The van der Waals surface area contributed by atoms with Gasteiger partial charge in [0.2, 0.25) is 0 Å². The van der Waals surface area contributed by atoms with Gasteiger partial charge in [0.1, 0.15) is 29.9 Å². The molecular weight excluding hydrogens is 588 g/mol. The predicted octanol–water partition coefficient (Wildman–Crippen LogP) is 4.57. The number of rotatable bonds is 10. The summed E-state index contributed by atoms with van der Waals surface area (Å²) in [5.41, 5.74) is 3.52. The number of aromatic nitrogens is 1. The van der Waals surface area contributed by atoms with Crippen molar-refractivity contribution in [3.8, 4) is 23.3 Å². The highest BCUT2D eigenvalue weighted by Crippen LogP contribution is 2.38. The highest BCUT2D eigenvalue weighted by molar-refractivity contribution is 7.07. The summed E-state index contributed by atoms with van der Waals surface area (Å²) in [6.45, 7) is 6.96. The van der Waals surface area contributed by atoms with Gasteiger partial charge in [0, 0.05) is 24.2 Å². The summed E-state index contributed by atoms with van der Waals surface area (Å²) in [4.78, 5) is 35.0. The topological polar surface area (TPSA) is 106 Å². The number of methoxy groups -OCH3 is 2. The van der Waals surface area contributed by atoms with Crippen LogP contribution in [0.3, 0.4) is 0 Å². The number of nitrogens with zero attached hydrogens (tertiary/aromatic N) is 4. The van der Waals surface area contributed by atoms with Crippen molar-refractivity contribution in [1.29, 1.82) is 5.26 Å². The average Bonchev–Trinajstić information content (AvgIpc) is 3.37. The minimum absolute atomic E-state index is 0.182. The molecule has 0 unspecified atom stereocenters. The van der Waals surface area contributed by atoms with Crippen LogP contribution in [0.25, 0.3) is 6.08 Å². The van der Waals surface area contributed by atoms with E-state index < -0.39 is 6.04 Å². The molecule has 0 fully saturated rings. The molecule has 0 saturated heterocycles. The third kappa shape index (κ3) is 6.26. The summed E-state index contributed by atoms with van der Waals surface area (Å²) in [6.07, 6.45) is 1.81. The molecule has 9 nitrogen and oxygen atoms in total. The second-order valence-electron chi connectivity index (χ2n) is 10.3. The van der Waals surface area contributed by atoms with Crippen molar-refractivity contribution in [2.45, 2.75) is 33.4 Å². The number of carbonyl (C=O) groups excluding carboxylic acids is 1. The number of allylic oxidation sites excluding steroid dienone is 1. The van der Waals surface area contributed by atoms with Gasteiger partial charge in [-0.25, -0.2) is 4.99 Å². The van der Waals surface area contributed by atoms with Crippen LogP contribution in [0.5, 0.6) is 17.2 Å². The SMILES string of the molecule is CCN(CC)C(=O)C1=C(C)N=c2s/c(=C/c3ccc(OCc4ccccc4C#N)cc3)c(=O)n2[C@@H]1c1cc(OC)ccc1OC. The summed E-state index contributed by atoms with van der Waals surface area (Å²) >= 11 is 1.27. The van der Waals surface area contributed by atoms with Crippen LogP contribution in [0, 0.1) is 11.3 Å². The Morgan fingerprint density at radius 2 is 1.76 bits per heavy atom. The Kier molecular flexibility index (Phi) is 9.50. The molecule has 0 saturated carbocycles. The van der Waals surface area contributed by atoms with E-state index in [1.807, 2.05) is 68.5 Å². The van der Waals surface area contributed by atoms with Crippen molar-refractivity contribution in [2.75, 3.05) is 27.3 Å². The number of likely N-dealkylation sites (N-methyl/N-ethyl adjacent to an activating group) is 1. The summed E-state index contributed by atoms with van der Waals surface area (Å²) < 4.78 is 19.2. The van der Waals surface area contributed by atoms with E-state index in [-0.39, 0.29) is 18.1 Å². The van der Waals surface area contributed by atoms with E-state index in [4.69, 9.17) is 19.2 Å². The number of thiazole rings is 1. The summed E-state index contributed by atoms with van der Waals surface area (Å²) in [5, 5.41) is 9.33. The number of hydrogen-bond acceptors (Lipinski definition) is 8. The summed E-state index contributed by atoms with van der Waals surface area (Å²) in [5.74, 6) is 1.57. The Bertz CT molecular complexity index is 1980. The van der Waals surface area contributed by atoms with E-state index in [0.717, 1.165) is 11.1 Å². The molecule has 1 atom stereocenters. The molecule has 5 rings (SSSR count). The number of carbonyl (C=O) groups is 1. The minimum atomic E-state index is -0.770. The van der Waals surface area contributed by atoms with Gasteiger partial charge < -0.3 is 19.1 Å². The lowest BCUT2D eigenvalue weighted by atomic mass is 9.93. The molecule has 0 N–H and O–H groups in total. The quantitative estimate of drug-likeness (QED) is 0.257. The van der Waals surface area contributed by atoms with Crippen LogP contribution in [0.4, 0.5) is 0 Å². The second-order valence-corrected chi connectivity index (χ2v) is 11.3. The van der Waals surface area contributed by atoms with Crippen molar-refractivity contribution >= 4 is 23.3 Å². The van der Waals surface area contributed by atoms with Gasteiger partial charge in [-0.2, -0.15) is 5.26 Å². The van der Waals surface area contributed by atoms with Crippen LogP contribution in [-0.4, -0.2) is 42.7 Å². The monoisotopic (exact) mass is 622 g/mol. The zero-order valence-corrected chi connectivity index (χ0v) is 26.7. The first-order valence-electron chi connectivity index (χ1n) is 14.6. The van der Waals surface area contributed by atoms with Crippen LogP contribution >= 0.6 is 11.3 Å². The minimum Gasteiger partial charge on any atom is -0.497 e. The first-order chi connectivity index (χ1) is 21.8. The molecule has 0 aliphatic carbocycles. The fourth-order valence-electron chi connectivity index (χ4n) is 5.35. The van der Waals surface area contributed by atoms with Crippen molar-refractivity contribution in [3.63, 3.8) is 0 Å². The number of fused-ring (bicyclic) bond motifs is 1. The van der Waals surface area contributed by atoms with Gasteiger partial charge in [0.15, 0.2) is 4.80 Å². The van der Waals surface area contributed by atoms with Gasteiger partial charge in [-0.3, -0.25) is 14.2 Å². The maximum atomic E-state index is 14.1. The Labute approximate surface area is 265 Å². The number of ether oxygens (including phenoxy) is 3. The molecule has 1 aliphatic heterocycles. The molecule has 1 amide bonds. The molecule has 2 heterocycles. The highest BCUT2D eigenvalue weighted by Gasteiger charge is 2.36. The molecule has 1 aliphatic rings. The molecule has 0 radical (unpaired) electrons. The third-order valence-electron chi connectivity index (χ3n) is 7.74. The van der Waals surface area contributed by atoms with Crippen LogP contribution in [0.1, 0.15) is 49.1 Å². The van der Waals surface area contributed by atoms with Crippen molar-refractivity contribution < 1.29 is 19.0 Å². The Balaban J connectivity index is 1.56. The maximum absolute atomic E-state index is 14.1. The van der Waals surface area contributed by atoms with Gasteiger partial charge in [0.05, 0.1) is 41.7 Å². The standard InChI is InChI=1S/C35H34N4O5S/c1-6-38(7-2)34(41)31-22(3)37-35-39(32(31)28-19-27(42-4)16-17-29(28)43-5)33(40)30(45-35)18-23-12-14-26(15-13-23)44-21-25-11-9-8-10-24(25)20-36/h8-19,32H,6-7,21H2,1-5H3/b30-18+/t32-/m1/s1. The molecule has 1 aromatic heterocycles. The Morgan fingerprint density at radius 1 is 1.04 bits per heavy atom. The predicted molar refractivity (Wildman–Crippen MR) is 173 cm³/mol. The summed E-state index contributed by atoms with van der Waals surface area (Å²) in [7, 11) is 3.13. The van der Waals surface area contributed by atoms with Crippen LogP contribution < -0.4 is 29.1 Å². The second kappa shape index (κ2) is 13.7. The van der Waals surface area contributed by atoms with E-state index >= 15 is 0 Å². The number of benzene rings is 3. The molecule has 45 heavy (non-hydrogen) atoms. The molecular formula is C35H34N4O5S. The summed E-state index contributed by atoms with van der Waals surface area (Å²) in [6, 6.07) is 21.5. The van der Waals surface area contributed by atoms with E-state index in [1.54, 1.807) is 48.8 Å². The first-order valence-corrected chi connectivity index (χ1v) is 15.4. The van der Waals surface area contributed by atoms with E-state index in [1.165, 1.54) is 11.3 Å². The zero-order chi connectivity index (χ0) is 32.1. The fourth-order valence-corrected chi connectivity index (χ4v) is 6.40. The van der Waals surface area contributed by atoms with E-state index in [2.05, 4.69) is 6.07 Å². The Morgan fingerprint density at radius 3 is 2.42 bits per heavy atom. The maximum Gasteiger partial charge on any atom is 0.271 e. The highest BCUT2D eigenvalue weighted by atomic mass is 32.1. The molecule has 10 heteroatoms. The van der Waals surface area contributed by atoms with Crippen LogP contribution in [0.2, 0.25) is 0 Å². The number of nitriles is 1. The third-order valence-corrected chi connectivity index (χ3v) is 8.73. The van der Waals surface area contributed by atoms with Crippen LogP contribution in [0.15, 0.2) is 87.8 Å². The molecule has 3 aromatic carbocycles. The lowest BCUT2D eigenvalue weighted by Crippen LogP contribution is -2.43. The first kappa shape index (κ1) is 31.3. The van der Waals surface area contributed by atoms with Gasteiger partial charge >= 0.3 is 0 Å². The molecule has 0 spiro atoms. The lowest BCUT2D eigenvalue weighted by molar-refractivity contribution is -0.127. The van der Waals surface area contributed by atoms with Gasteiger partial charge in [-0.1, -0.05) is 41.7 Å². The normalized spacial score (nSPS) is 14.3. The van der Waals surface area contributed by atoms with Crippen molar-refractivity contribution in [2.24, 2.45) is 4.99 Å². The molecule has 230 valence electrons. The average molecular weight is 623 g/mol. The smallest absolute Gasteiger partial charge is 0.271 e. The number of hydrogen-bond donors (Lipinski definition) is 0. The van der Waals surface area contributed by atoms with E-state index in [0.29, 0.717) is 62.1 Å². The van der Waals surface area contributed by atoms with Gasteiger partial charge in [-0.05, 0) is 68.8 Å². The zero-order valence-electron chi connectivity index (χ0n) is 25.9. The molecule has 4 aromatic rings. The molecule has 0 bridgehead atoms. The fraction of sp³-hybridized carbons (Fsp3) is 0.257. The van der Waals surface area contributed by atoms with Gasteiger partial charge in [-0.15, -0.1) is 0 Å². The van der Waals surface area contributed by atoms with Crippen LogP contribution in [-0.2, 0) is 11.4 Å². The van der Waals surface area contributed by atoms with E-state index in [9.17, 15) is 14.9 Å². The van der Waals surface area contributed by atoms with Crippen molar-refractivity contribution in [3.05, 3.63) is 120 Å². The Hall–Kier alpha value is -5.14. The largest absolute Gasteiger partial charge is 0.497 e. The lowest BCUT2D eigenvalue weighted by Gasteiger charge is -2.30.